The fourth-order valence-corrected chi connectivity index (χ4v) is 2.56. The van der Waals surface area contributed by atoms with Crippen molar-refractivity contribution >= 4 is 39.8 Å². The van der Waals surface area contributed by atoms with Gasteiger partial charge in [0.05, 0.1) is 11.8 Å². The van der Waals surface area contributed by atoms with Crippen LogP contribution in [0.15, 0.2) is 18.2 Å². The van der Waals surface area contributed by atoms with E-state index in [0.717, 1.165) is 6.26 Å². The number of hydrogen-bond donors (Lipinski definition) is 2. The molecule has 0 radical (unpaired) electrons. The van der Waals surface area contributed by atoms with Crippen molar-refractivity contribution in [3.05, 3.63) is 28.8 Å². The Kier molecular flexibility index (Phi) is 9.49. The number of alkyl halides is 2. The Morgan fingerprint density at radius 3 is 2.58 bits per heavy atom. The van der Waals surface area contributed by atoms with E-state index in [1.165, 1.54) is 18.2 Å². The van der Waals surface area contributed by atoms with Gasteiger partial charge in [0.25, 0.3) is 0 Å². The van der Waals surface area contributed by atoms with E-state index in [0.29, 0.717) is 0 Å². The fourth-order valence-electron chi connectivity index (χ4n) is 1.68. The molecule has 0 spiro atoms. The maximum absolute atomic E-state index is 12.3. The number of carbonyl (C=O) groups excluding carboxylic acids is 1. The zero-order chi connectivity index (χ0) is 17.6. The van der Waals surface area contributed by atoms with E-state index in [1.807, 2.05) is 0 Å². The van der Waals surface area contributed by atoms with Crippen LogP contribution in [0.4, 0.5) is 8.78 Å². The standard InChI is InChI=1S/C13H17ClF2N2O4S.ClH/c1-23(20,21)5-4-10(17)12(19)18-7-8-6-9(14)2-3-11(8)22-13(15)16;/h2-3,6,10,13H,4-5,7,17H2,1H3,(H,18,19);1H. The minimum atomic E-state index is -3.23. The van der Waals surface area contributed by atoms with Crippen molar-refractivity contribution in [1.82, 2.24) is 5.32 Å². The van der Waals surface area contributed by atoms with Gasteiger partial charge in [0.15, 0.2) is 0 Å². The van der Waals surface area contributed by atoms with E-state index in [-0.39, 0.29) is 47.5 Å². The summed E-state index contributed by atoms with van der Waals surface area (Å²) in [4.78, 5) is 11.8. The largest absolute Gasteiger partial charge is 0.434 e. The van der Waals surface area contributed by atoms with Gasteiger partial charge >= 0.3 is 6.61 Å². The first-order valence-corrected chi connectivity index (χ1v) is 8.96. The predicted octanol–water partition coefficient (Wildman–Crippen LogP) is 1.74. The lowest BCUT2D eigenvalue weighted by Crippen LogP contribution is -2.41. The summed E-state index contributed by atoms with van der Waals surface area (Å²) in [6.45, 7) is -3.14. The molecule has 0 heterocycles. The number of sulfone groups is 1. The van der Waals surface area contributed by atoms with Crippen LogP contribution in [0.25, 0.3) is 0 Å². The van der Waals surface area contributed by atoms with Crippen LogP contribution in [-0.4, -0.2) is 39.0 Å². The number of amides is 1. The van der Waals surface area contributed by atoms with Crippen LogP contribution >= 0.6 is 24.0 Å². The highest BCUT2D eigenvalue weighted by molar-refractivity contribution is 7.90. The SMILES string of the molecule is CS(=O)(=O)CCC(N)C(=O)NCc1cc(Cl)ccc1OC(F)F.Cl. The first kappa shape index (κ1) is 22.8. The smallest absolute Gasteiger partial charge is 0.387 e. The zero-order valence-electron chi connectivity index (χ0n) is 12.7. The van der Waals surface area contributed by atoms with Crippen LogP contribution in [0.2, 0.25) is 5.02 Å². The Balaban J connectivity index is 0.00000529. The number of ether oxygens (including phenoxy) is 1. The maximum atomic E-state index is 12.3. The van der Waals surface area contributed by atoms with E-state index in [4.69, 9.17) is 17.3 Å². The number of halogens is 4. The van der Waals surface area contributed by atoms with E-state index < -0.39 is 28.4 Å². The summed E-state index contributed by atoms with van der Waals surface area (Å²) >= 11 is 5.78. The van der Waals surface area contributed by atoms with Gasteiger partial charge in [-0.15, -0.1) is 12.4 Å². The van der Waals surface area contributed by atoms with Crippen molar-refractivity contribution in [3.8, 4) is 5.75 Å². The minimum Gasteiger partial charge on any atom is -0.434 e. The van der Waals surface area contributed by atoms with Gasteiger partial charge in [-0.05, 0) is 24.6 Å². The molecule has 0 saturated carbocycles. The lowest BCUT2D eigenvalue weighted by molar-refractivity contribution is -0.122. The summed E-state index contributed by atoms with van der Waals surface area (Å²) < 4.78 is 51.0. The van der Waals surface area contributed by atoms with Crippen LogP contribution in [0, 0.1) is 0 Å². The monoisotopic (exact) mass is 406 g/mol. The minimum absolute atomic E-state index is 0. The van der Waals surface area contributed by atoms with E-state index in [2.05, 4.69) is 10.1 Å². The molecule has 11 heteroatoms. The molecule has 1 aromatic rings. The average molecular weight is 407 g/mol. The predicted molar refractivity (Wildman–Crippen MR) is 89.5 cm³/mol. The molecule has 0 aliphatic carbocycles. The second-order valence-electron chi connectivity index (χ2n) is 4.87. The number of nitrogens with one attached hydrogen (secondary N) is 1. The summed E-state index contributed by atoms with van der Waals surface area (Å²) in [5.74, 6) is -0.940. The van der Waals surface area contributed by atoms with Crippen molar-refractivity contribution in [2.24, 2.45) is 5.73 Å². The van der Waals surface area contributed by atoms with Gasteiger partial charge in [-0.25, -0.2) is 8.42 Å². The van der Waals surface area contributed by atoms with Crippen molar-refractivity contribution in [3.63, 3.8) is 0 Å². The van der Waals surface area contributed by atoms with Crippen molar-refractivity contribution in [1.29, 1.82) is 0 Å². The normalized spacial score (nSPS) is 12.4. The third-order valence-electron chi connectivity index (χ3n) is 2.83. The number of benzene rings is 1. The van der Waals surface area contributed by atoms with Crippen molar-refractivity contribution < 1.29 is 26.7 Å². The molecule has 6 nitrogen and oxygen atoms in total. The molecular weight excluding hydrogens is 389 g/mol. The van der Waals surface area contributed by atoms with Gasteiger partial charge in [-0.2, -0.15) is 8.78 Å². The van der Waals surface area contributed by atoms with Gasteiger partial charge in [-0.1, -0.05) is 11.6 Å². The molecule has 0 aliphatic rings. The molecule has 0 bridgehead atoms. The maximum Gasteiger partial charge on any atom is 0.387 e. The summed E-state index contributed by atoms with van der Waals surface area (Å²) in [6.07, 6.45) is 0.998. The summed E-state index contributed by atoms with van der Waals surface area (Å²) in [6, 6.07) is 2.99. The molecule has 0 aromatic heterocycles. The molecule has 1 unspecified atom stereocenters. The Hall–Kier alpha value is -1.16. The third-order valence-corrected chi connectivity index (χ3v) is 4.04. The Morgan fingerprint density at radius 1 is 1.42 bits per heavy atom. The lowest BCUT2D eigenvalue weighted by Gasteiger charge is -2.14. The molecule has 0 saturated heterocycles. The molecule has 0 fully saturated rings. The van der Waals surface area contributed by atoms with Gasteiger partial charge in [-0.3, -0.25) is 4.79 Å². The highest BCUT2D eigenvalue weighted by Gasteiger charge is 2.17. The second-order valence-corrected chi connectivity index (χ2v) is 7.57. The van der Waals surface area contributed by atoms with Crippen molar-refractivity contribution in [2.75, 3.05) is 12.0 Å². The van der Waals surface area contributed by atoms with Gasteiger partial charge < -0.3 is 15.8 Å². The topological polar surface area (TPSA) is 98.5 Å². The van der Waals surface area contributed by atoms with Crippen LogP contribution in [0.3, 0.4) is 0 Å². The van der Waals surface area contributed by atoms with E-state index >= 15 is 0 Å². The quantitative estimate of drug-likeness (QED) is 0.684. The first-order valence-electron chi connectivity index (χ1n) is 6.53. The second kappa shape index (κ2) is 9.97. The molecule has 1 aromatic carbocycles. The Bertz CT molecular complexity index is 659. The number of carbonyl (C=O) groups is 1. The molecule has 1 rings (SSSR count). The van der Waals surface area contributed by atoms with E-state index in [9.17, 15) is 22.0 Å². The first-order chi connectivity index (χ1) is 10.6. The van der Waals surface area contributed by atoms with Gasteiger partial charge in [0, 0.05) is 23.4 Å². The van der Waals surface area contributed by atoms with Crippen LogP contribution in [0.1, 0.15) is 12.0 Å². The van der Waals surface area contributed by atoms with Crippen LogP contribution in [-0.2, 0) is 21.2 Å². The van der Waals surface area contributed by atoms with Gasteiger partial charge in [0.1, 0.15) is 15.6 Å². The lowest BCUT2D eigenvalue weighted by atomic mass is 10.2. The molecular formula is C13H18Cl2F2N2O4S. The molecule has 0 aliphatic heterocycles. The fraction of sp³-hybridized carbons (Fsp3) is 0.462. The molecule has 138 valence electrons. The summed E-state index contributed by atoms with van der Waals surface area (Å²) in [5, 5.41) is 2.72. The van der Waals surface area contributed by atoms with Crippen LogP contribution in [0.5, 0.6) is 5.75 Å². The Morgan fingerprint density at radius 2 is 2.04 bits per heavy atom. The molecule has 24 heavy (non-hydrogen) atoms. The number of rotatable bonds is 8. The van der Waals surface area contributed by atoms with Crippen molar-refractivity contribution in [2.45, 2.75) is 25.6 Å². The highest BCUT2D eigenvalue weighted by atomic mass is 35.5. The molecule has 3 N–H and O–H groups in total. The summed E-state index contributed by atoms with van der Waals surface area (Å²) in [5.41, 5.74) is 5.83. The number of hydrogen-bond acceptors (Lipinski definition) is 5. The number of nitrogens with two attached hydrogens (primary N) is 1. The highest BCUT2D eigenvalue weighted by Crippen LogP contribution is 2.24. The van der Waals surface area contributed by atoms with Crippen LogP contribution < -0.4 is 15.8 Å². The third kappa shape index (κ3) is 8.62. The average Bonchev–Trinajstić information content (AvgIpc) is 2.43. The van der Waals surface area contributed by atoms with Gasteiger partial charge in [0.2, 0.25) is 5.91 Å². The molecule has 1 amide bonds. The summed E-state index contributed by atoms with van der Waals surface area (Å²) in [7, 11) is -3.23. The molecule has 1 atom stereocenters. The van der Waals surface area contributed by atoms with E-state index in [1.54, 1.807) is 0 Å². The Labute approximate surface area is 150 Å². The zero-order valence-corrected chi connectivity index (χ0v) is 15.1.